The molecule has 3 aromatic carbocycles. The fourth-order valence-corrected chi connectivity index (χ4v) is 5.38. The number of rotatable bonds is 8. The number of nitriles is 1. The number of benzene rings is 3. The largest absolute Gasteiger partial charge is 0.497 e. The lowest BCUT2D eigenvalue weighted by Crippen LogP contribution is -2.18. The van der Waals surface area contributed by atoms with Gasteiger partial charge >= 0.3 is 0 Å². The Morgan fingerprint density at radius 1 is 0.976 bits per heavy atom. The molecule has 0 bridgehead atoms. The van der Waals surface area contributed by atoms with Crippen LogP contribution in [-0.4, -0.2) is 34.7 Å². The van der Waals surface area contributed by atoms with E-state index in [9.17, 15) is 5.26 Å². The molecule has 1 aliphatic heterocycles. The van der Waals surface area contributed by atoms with Crippen LogP contribution in [0.1, 0.15) is 35.6 Å². The lowest BCUT2D eigenvalue weighted by molar-refractivity contribution is 0.415. The van der Waals surface area contributed by atoms with Crippen LogP contribution in [0.25, 0.3) is 16.9 Å². The maximum atomic E-state index is 16.8. The van der Waals surface area contributed by atoms with E-state index in [1.807, 2.05) is 72.8 Å². The summed E-state index contributed by atoms with van der Waals surface area (Å²) in [7, 11) is 1.59. The second kappa shape index (κ2) is 11.5. The highest BCUT2D eigenvalue weighted by molar-refractivity contribution is 5.81. The van der Waals surface area contributed by atoms with Gasteiger partial charge in [-0.2, -0.15) is 5.26 Å². The summed E-state index contributed by atoms with van der Waals surface area (Å²) in [5, 5.41) is 13.7. The SMILES string of the molecule is COc1cc(-c2c(F)c(NC(c3ccccc3)c3ccccc3)nc(-n3ccnc3)c2C#N)cc(N2CCCC2)c1. The highest BCUT2D eigenvalue weighted by Crippen LogP contribution is 2.39. The minimum atomic E-state index is -0.608. The smallest absolute Gasteiger partial charge is 0.174 e. The van der Waals surface area contributed by atoms with E-state index < -0.39 is 5.82 Å². The van der Waals surface area contributed by atoms with Crippen molar-refractivity contribution in [2.45, 2.75) is 18.9 Å². The van der Waals surface area contributed by atoms with Crippen molar-refractivity contribution in [1.29, 1.82) is 5.26 Å². The van der Waals surface area contributed by atoms with Crippen LogP contribution in [0.3, 0.4) is 0 Å². The van der Waals surface area contributed by atoms with Gasteiger partial charge < -0.3 is 15.0 Å². The number of anilines is 2. The van der Waals surface area contributed by atoms with Crippen molar-refractivity contribution in [2.75, 3.05) is 30.4 Å². The first-order valence-electron chi connectivity index (χ1n) is 13.6. The first-order valence-corrected chi connectivity index (χ1v) is 13.6. The molecule has 0 unspecified atom stereocenters. The Bertz CT molecular complexity index is 1640. The standard InChI is InChI=1S/C33H29FN6O/c1-41-27-19-25(18-26(20-27)39-15-8-9-16-39)29-28(21-35)33(40-17-14-36-22-40)38-32(30(29)34)37-31(23-10-4-2-5-11-23)24-12-6-3-7-13-24/h2-7,10-14,17-20,22,31H,8-9,15-16H2,1H3,(H,37,38). The van der Waals surface area contributed by atoms with Crippen molar-refractivity contribution in [2.24, 2.45) is 0 Å². The van der Waals surface area contributed by atoms with Crippen LogP contribution in [0.15, 0.2) is 97.6 Å². The first-order chi connectivity index (χ1) is 20.2. The van der Waals surface area contributed by atoms with Gasteiger partial charge in [-0.05, 0) is 41.7 Å². The normalized spacial score (nSPS) is 12.9. The van der Waals surface area contributed by atoms with Crippen molar-refractivity contribution < 1.29 is 9.13 Å². The fourth-order valence-electron chi connectivity index (χ4n) is 5.38. The Labute approximate surface area is 238 Å². The lowest BCUT2D eigenvalue weighted by Gasteiger charge is -2.24. The molecule has 1 saturated heterocycles. The second-order valence-electron chi connectivity index (χ2n) is 9.94. The summed E-state index contributed by atoms with van der Waals surface area (Å²) in [6, 6.07) is 27.2. The van der Waals surface area contributed by atoms with Gasteiger partial charge in [0.15, 0.2) is 17.5 Å². The molecule has 0 radical (unpaired) electrons. The van der Waals surface area contributed by atoms with Gasteiger partial charge in [0.25, 0.3) is 0 Å². The molecule has 0 saturated carbocycles. The van der Waals surface area contributed by atoms with E-state index in [2.05, 4.69) is 26.3 Å². The Kier molecular flexibility index (Phi) is 7.33. The van der Waals surface area contributed by atoms with E-state index in [1.165, 1.54) is 0 Å². The average Bonchev–Trinajstić information content (AvgIpc) is 3.76. The Hall–Kier alpha value is -5.16. The summed E-state index contributed by atoms with van der Waals surface area (Å²) in [6.07, 6.45) is 7.05. The average molecular weight is 545 g/mol. The van der Waals surface area contributed by atoms with Gasteiger partial charge in [0, 0.05) is 42.8 Å². The maximum absolute atomic E-state index is 16.8. The molecule has 5 aromatic rings. The van der Waals surface area contributed by atoms with Crippen molar-refractivity contribution in [3.05, 3.63) is 120 Å². The van der Waals surface area contributed by atoms with E-state index in [0.717, 1.165) is 42.7 Å². The molecule has 2 aromatic heterocycles. The Balaban J connectivity index is 1.56. The predicted octanol–water partition coefficient (Wildman–Crippen LogP) is 6.76. The Morgan fingerprint density at radius 2 is 1.66 bits per heavy atom. The van der Waals surface area contributed by atoms with E-state index in [1.54, 1.807) is 36.5 Å². The number of hydrogen-bond donors (Lipinski definition) is 1. The molecule has 0 aliphatic carbocycles. The molecule has 3 heterocycles. The number of halogens is 1. The third-order valence-electron chi connectivity index (χ3n) is 7.41. The second-order valence-corrected chi connectivity index (χ2v) is 9.94. The van der Waals surface area contributed by atoms with Gasteiger partial charge in [0.2, 0.25) is 0 Å². The van der Waals surface area contributed by atoms with Crippen molar-refractivity contribution in [3.63, 3.8) is 0 Å². The van der Waals surface area contributed by atoms with Crippen molar-refractivity contribution >= 4 is 11.5 Å². The number of methoxy groups -OCH3 is 1. The summed E-state index contributed by atoms with van der Waals surface area (Å²) < 4.78 is 24.1. The summed E-state index contributed by atoms with van der Waals surface area (Å²) in [4.78, 5) is 11.1. The van der Waals surface area contributed by atoms with Gasteiger partial charge in [0.1, 0.15) is 23.7 Å². The van der Waals surface area contributed by atoms with Gasteiger partial charge in [-0.1, -0.05) is 60.7 Å². The zero-order valence-electron chi connectivity index (χ0n) is 22.7. The third kappa shape index (κ3) is 5.22. The van der Waals surface area contributed by atoms with Crippen LogP contribution in [0.5, 0.6) is 5.75 Å². The molecular formula is C33H29FN6O. The minimum Gasteiger partial charge on any atom is -0.497 e. The molecule has 7 nitrogen and oxygen atoms in total. The molecule has 1 N–H and O–H groups in total. The van der Waals surface area contributed by atoms with Gasteiger partial charge in [0.05, 0.1) is 13.2 Å². The number of ether oxygens (including phenoxy) is 1. The zero-order valence-corrected chi connectivity index (χ0v) is 22.7. The number of imidazole rings is 1. The summed E-state index contributed by atoms with van der Waals surface area (Å²) in [5.74, 6) is 0.304. The van der Waals surface area contributed by atoms with Gasteiger partial charge in [-0.3, -0.25) is 4.57 Å². The predicted molar refractivity (Wildman–Crippen MR) is 158 cm³/mol. The molecule has 41 heavy (non-hydrogen) atoms. The molecule has 0 amide bonds. The highest BCUT2D eigenvalue weighted by Gasteiger charge is 2.26. The van der Waals surface area contributed by atoms with E-state index in [-0.39, 0.29) is 28.8 Å². The molecule has 1 fully saturated rings. The third-order valence-corrected chi connectivity index (χ3v) is 7.41. The number of nitrogens with zero attached hydrogens (tertiary/aromatic N) is 5. The van der Waals surface area contributed by atoms with Crippen LogP contribution in [0, 0.1) is 17.1 Å². The molecule has 1 aliphatic rings. The Morgan fingerprint density at radius 3 is 2.24 bits per heavy atom. The quantitative estimate of drug-likeness (QED) is 0.233. The maximum Gasteiger partial charge on any atom is 0.174 e. The summed E-state index contributed by atoms with van der Waals surface area (Å²) in [5.41, 5.74) is 3.65. The zero-order chi connectivity index (χ0) is 28.2. The number of nitrogens with one attached hydrogen (secondary N) is 1. The molecule has 204 valence electrons. The first kappa shape index (κ1) is 26.1. The van der Waals surface area contributed by atoms with E-state index >= 15 is 4.39 Å². The topological polar surface area (TPSA) is 79.0 Å². The molecule has 8 heteroatoms. The minimum absolute atomic E-state index is 0.0333. The van der Waals surface area contributed by atoms with E-state index in [0.29, 0.717) is 11.3 Å². The highest BCUT2D eigenvalue weighted by atomic mass is 19.1. The van der Waals surface area contributed by atoms with Crippen molar-refractivity contribution in [3.8, 4) is 28.8 Å². The molecule has 0 atom stereocenters. The van der Waals surface area contributed by atoms with Crippen molar-refractivity contribution in [1.82, 2.24) is 14.5 Å². The van der Waals surface area contributed by atoms with Crippen LogP contribution in [-0.2, 0) is 0 Å². The molecule has 6 rings (SSSR count). The molecule has 0 spiro atoms. The number of aromatic nitrogens is 3. The molecular weight excluding hydrogens is 515 g/mol. The van der Waals surface area contributed by atoms with Crippen LogP contribution in [0.2, 0.25) is 0 Å². The summed E-state index contributed by atoms with van der Waals surface area (Å²) in [6.45, 7) is 1.83. The van der Waals surface area contributed by atoms with Crippen LogP contribution in [0.4, 0.5) is 15.9 Å². The van der Waals surface area contributed by atoms with Crippen LogP contribution < -0.4 is 15.0 Å². The number of hydrogen-bond acceptors (Lipinski definition) is 6. The van der Waals surface area contributed by atoms with Gasteiger partial charge in [-0.15, -0.1) is 0 Å². The fraction of sp³-hybridized carbons (Fsp3) is 0.182. The number of pyridine rings is 1. The van der Waals surface area contributed by atoms with Crippen LogP contribution >= 0.6 is 0 Å². The monoisotopic (exact) mass is 544 g/mol. The van der Waals surface area contributed by atoms with E-state index in [4.69, 9.17) is 4.74 Å². The lowest BCUT2D eigenvalue weighted by atomic mass is 9.97. The summed E-state index contributed by atoms with van der Waals surface area (Å²) >= 11 is 0. The van der Waals surface area contributed by atoms with Gasteiger partial charge in [-0.25, -0.2) is 14.4 Å².